The van der Waals surface area contributed by atoms with Crippen molar-refractivity contribution >= 4 is 5.97 Å². The molecule has 1 aromatic heterocycles. The summed E-state index contributed by atoms with van der Waals surface area (Å²) in [4.78, 5) is 13.9. The number of ether oxygens (including phenoxy) is 1. The summed E-state index contributed by atoms with van der Waals surface area (Å²) in [5, 5.41) is 8.77. The second kappa shape index (κ2) is 3.99. The number of alkyl halides is 3. The van der Waals surface area contributed by atoms with Gasteiger partial charge in [-0.25, -0.2) is 9.78 Å². The summed E-state index contributed by atoms with van der Waals surface area (Å²) in [6, 6.07) is 0.673. The molecule has 1 aromatic rings. The van der Waals surface area contributed by atoms with Gasteiger partial charge in [-0.1, -0.05) is 0 Å². The zero-order chi connectivity index (χ0) is 12.5. The monoisotopic (exact) mass is 235 g/mol. The first-order valence-corrected chi connectivity index (χ1v) is 4.13. The van der Waals surface area contributed by atoms with Gasteiger partial charge in [-0.05, 0) is 18.6 Å². The average Bonchev–Trinajstić information content (AvgIpc) is 2.14. The van der Waals surface area contributed by atoms with E-state index in [1.165, 1.54) is 6.92 Å². The van der Waals surface area contributed by atoms with Gasteiger partial charge < -0.3 is 9.84 Å². The maximum Gasteiger partial charge on any atom is 0.433 e. The largest absolute Gasteiger partial charge is 0.480 e. The number of carbonyl (C=O) groups is 1. The second-order valence-corrected chi connectivity index (χ2v) is 3.01. The molecule has 0 atom stereocenters. The van der Waals surface area contributed by atoms with Crippen molar-refractivity contribution in [3.63, 3.8) is 0 Å². The number of methoxy groups -OCH3 is 1. The van der Waals surface area contributed by atoms with Crippen LogP contribution < -0.4 is 4.74 Å². The molecule has 0 saturated carbocycles. The molecule has 4 nitrogen and oxygen atoms in total. The molecule has 1 rings (SSSR count). The van der Waals surface area contributed by atoms with Crippen LogP contribution in [0.15, 0.2) is 6.07 Å². The van der Waals surface area contributed by atoms with Crippen molar-refractivity contribution in [2.45, 2.75) is 13.1 Å². The number of aromatic nitrogens is 1. The number of aromatic carboxylic acids is 1. The molecule has 0 saturated heterocycles. The predicted octanol–water partition coefficient (Wildman–Crippen LogP) is 2.12. The highest BCUT2D eigenvalue weighted by atomic mass is 19.4. The molecule has 0 amide bonds. The number of nitrogens with zero attached hydrogens (tertiary/aromatic N) is 1. The van der Waals surface area contributed by atoms with Crippen LogP contribution in [0.3, 0.4) is 0 Å². The summed E-state index contributed by atoms with van der Waals surface area (Å²) < 4.78 is 41.6. The van der Waals surface area contributed by atoms with Gasteiger partial charge in [0.25, 0.3) is 0 Å². The van der Waals surface area contributed by atoms with E-state index in [-0.39, 0.29) is 11.1 Å². The summed E-state index contributed by atoms with van der Waals surface area (Å²) in [5.41, 5.74) is -1.59. The molecule has 0 bridgehead atoms. The molecule has 0 spiro atoms. The maximum atomic E-state index is 12.4. The van der Waals surface area contributed by atoms with Gasteiger partial charge in [0.15, 0.2) is 0 Å². The van der Waals surface area contributed by atoms with Gasteiger partial charge in [0.05, 0.1) is 7.11 Å². The van der Waals surface area contributed by atoms with Crippen LogP contribution in [0.5, 0.6) is 5.88 Å². The molecule has 0 aliphatic rings. The molecule has 16 heavy (non-hydrogen) atoms. The minimum Gasteiger partial charge on any atom is -0.480 e. The molecule has 0 aliphatic carbocycles. The summed E-state index contributed by atoms with van der Waals surface area (Å²) in [6.45, 7) is 1.25. The first kappa shape index (κ1) is 12.3. The van der Waals surface area contributed by atoms with Crippen LogP contribution in [0.4, 0.5) is 13.2 Å². The van der Waals surface area contributed by atoms with Crippen LogP contribution >= 0.6 is 0 Å². The van der Waals surface area contributed by atoms with E-state index in [2.05, 4.69) is 9.72 Å². The van der Waals surface area contributed by atoms with Crippen molar-refractivity contribution in [1.82, 2.24) is 4.98 Å². The zero-order valence-electron chi connectivity index (χ0n) is 8.42. The molecule has 0 fully saturated rings. The molecule has 1 N–H and O–H groups in total. The topological polar surface area (TPSA) is 59.4 Å². The molecule has 0 unspecified atom stereocenters. The average molecular weight is 235 g/mol. The van der Waals surface area contributed by atoms with E-state index >= 15 is 0 Å². The Morgan fingerprint density at radius 2 is 2.06 bits per heavy atom. The lowest BCUT2D eigenvalue weighted by molar-refractivity contribution is -0.141. The third-order valence-corrected chi connectivity index (χ3v) is 1.88. The third-order valence-electron chi connectivity index (χ3n) is 1.88. The van der Waals surface area contributed by atoms with Crippen LogP contribution in [0.25, 0.3) is 0 Å². The summed E-state index contributed by atoms with van der Waals surface area (Å²) in [6.07, 6.45) is -4.63. The highest BCUT2D eigenvalue weighted by molar-refractivity contribution is 5.91. The summed E-state index contributed by atoms with van der Waals surface area (Å²) >= 11 is 0. The first-order chi connectivity index (χ1) is 7.27. The van der Waals surface area contributed by atoms with Crippen LogP contribution in [-0.4, -0.2) is 23.2 Å². The van der Waals surface area contributed by atoms with E-state index in [0.29, 0.717) is 6.07 Å². The lowest BCUT2D eigenvalue weighted by Gasteiger charge is -2.11. The van der Waals surface area contributed by atoms with Crippen molar-refractivity contribution < 1.29 is 27.8 Å². The van der Waals surface area contributed by atoms with E-state index < -0.39 is 23.7 Å². The third kappa shape index (κ3) is 2.23. The molecule has 0 aliphatic heterocycles. The molecule has 7 heteroatoms. The fourth-order valence-corrected chi connectivity index (χ4v) is 1.20. The number of rotatable bonds is 2. The number of carboxylic acids is 1. The van der Waals surface area contributed by atoms with Gasteiger partial charge >= 0.3 is 12.1 Å². The Kier molecular flexibility index (Phi) is 3.06. The lowest BCUT2D eigenvalue weighted by Crippen LogP contribution is -2.13. The van der Waals surface area contributed by atoms with Crippen LogP contribution in [0.1, 0.15) is 21.6 Å². The van der Waals surface area contributed by atoms with Crippen molar-refractivity contribution in [3.8, 4) is 5.88 Å². The summed E-state index contributed by atoms with van der Waals surface area (Å²) in [5.74, 6) is -1.92. The first-order valence-electron chi connectivity index (χ1n) is 4.13. The smallest absolute Gasteiger partial charge is 0.433 e. The molecule has 0 aromatic carbocycles. The SMILES string of the molecule is COc1nc(C(F)(F)F)cc(C)c1C(=O)O. The van der Waals surface area contributed by atoms with Crippen LogP contribution in [-0.2, 0) is 6.18 Å². The number of halogens is 3. The van der Waals surface area contributed by atoms with Gasteiger partial charge in [-0.2, -0.15) is 13.2 Å². The van der Waals surface area contributed by atoms with Gasteiger partial charge in [0.1, 0.15) is 11.3 Å². The number of carboxylic acid groups (broad SMARTS) is 1. The minimum absolute atomic E-state index is 0.0494. The Morgan fingerprint density at radius 3 is 2.44 bits per heavy atom. The van der Waals surface area contributed by atoms with E-state index in [1.807, 2.05) is 0 Å². The van der Waals surface area contributed by atoms with E-state index in [4.69, 9.17) is 5.11 Å². The Morgan fingerprint density at radius 1 is 1.50 bits per heavy atom. The predicted molar refractivity (Wildman–Crippen MR) is 47.5 cm³/mol. The molecule has 0 radical (unpaired) electrons. The van der Waals surface area contributed by atoms with E-state index in [9.17, 15) is 18.0 Å². The lowest BCUT2D eigenvalue weighted by atomic mass is 10.1. The van der Waals surface area contributed by atoms with Gasteiger partial charge in [-0.15, -0.1) is 0 Å². The highest BCUT2D eigenvalue weighted by Crippen LogP contribution is 2.31. The number of aryl methyl sites for hydroxylation is 1. The standard InChI is InChI=1S/C9H8F3NO3/c1-4-3-5(9(10,11)12)13-7(16-2)6(4)8(14)15/h3H,1-2H3,(H,14,15). The zero-order valence-corrected chi connectivity index (χ0v) is 8.42. The van der Waals surface area contributed by atoms with Crippen molar-refractivity contribution in [3.05, 3.63) is 22.9 Å². The number of pyridine rings is 1. The number of hydrogen-bond acceptors (Lipinski definition) is 3. The van der Waals surface area contributed by atoms with Crippen molar-refractivity contribution in [1.29, 1.82) is 0 Å². The Hall–Kier alpha value is -1.79. The van der Waals surface area contributed by atoms with Crippen molar-refractivity contribution in [2.24, 2.45) is 0 Å². The van der Waals surface area contributed by atoms with Gasteiger partial charge in [0, 0.05) is 0 Å². The fraction of sp³-hybridized carbons (Fsp3) is 0.333. The van der Waals surface area contributed by atoms with Crippen LogP contribution in [0.2, 0.25) is 0 Å². The Balaban J connectivity index is 3.44. The van der Waals surface area contributed by atoms with Crippen molar-refractivity contribution in [2.75, 3.05) is 7.11 Å². The Labute approximate surface area is 88.7 Å². The minimum atomic E-state index is -4.63. The molecule has 88 valence electrons. The van der Waals surface area contributed by atoms with Crippen LogP contribution in [0, 0.1) is 6.92 Å². The van der Waals surface area contributed by atoms with E-state index in [1.54, 1.807) is 0 Å². The molecular weight excluding hydrogens is 227 g/mol. The Bertz CT molecular complexity index is 429. The quantitative estimate of drug-likeness (QED) is 0.852. The number of hydrogen-bond donors (Lipinski definition) is 1. The summed E-state index contributed by atoms with van der Waals surface area (Å²) in [7, 11) is 1.06. The molecular formula is C9H8F3NO3. The maximum absolute atomic E-state index is 12.4. The van der Waals surface area contributed by atoms with Gasteiger partial charge in [-0.3, -0.25) is 0 Å². The fourth-order valence-electron chi connectivity index (χ4n) is 1.20. The van der Waals surface area contributed by atoms with Gasteiger partial charge in [0.2, 0.25) is 5.88 Å². The normalized spacial score (nSPS) is 11.3. The molecule has 1 heterocycles. The second-order valence-electron chi connectivity index (χ2n) is 3.01. The van der Waals surface area contributed by atoms with E-state index in [0.717, 1.165) is 7.11 Å². The highest BCUT2D eigenvalue weighted by Gasteiger charge is 2.34.